The molecule has 0 spiro atoms. The third-order valence-corrected chi connectivity index (χ3v) is 7.35. The summed E-state index contributed by atoms with van der Waals surface area (Å²) in [5.41, 5.74) is 0. The zero-order valence-electron chi connectivity index (χ0n) is 12.5. The lowest BCUT2D eigenvalue weighted by Gasteiger charge is -2.23. The number of thiophene rings is 1. The Morgan fingerprint density at radius 1 is 1.45 bits per heavy atom. The molecule has 1 atom stereocenters. The van der Waals surface area contributed by atoms with Gasteiger partial charge in [0.15, 0.2) is 0 Å². The van der Waals surface area contributed by atoms with Gasteiger partial charge in [-0.05, 0) is 44.0 Å². The minimum atomic E-state index is -3.36. The molecule has 0 fully saturated rings. The van der Waals surface area contributed by atoms with E-state index < -0.39 is 10.0 Å². The maximum Gasteiger partial charge on any atom is 0.252 e. The van der Waals surface area contributed by atoms with E-state index in [9.17, 15) is 8.42 Å². The second-order valence-corrected chi connectivity index (χ2v) is 9.03. The summed E-state index contributed by atoms with van der Waals surface area (Å²) >= 11 is 3.09. The molecule has 4 nitrogen and oxygen atoms in total. The van der Waals surface area contributed by atoms with Gasteiger partial charge in [0.2, 0.25) is 0 Å². The summed E-state index contributed by atoms with van der Waals surface area (Å²) in [5, 5.41) is 3.21. The third kappa shape index (κ3) is 4.73. The van der Waals surface area contributed by atoms with Gasteiger partial charge in [-0.1, -0.05) is 6.92 Å². The molecule has 1 aromatic heterocycles. The average Bonchev–Trinajstić information content (AvgIpc) is 2.91. The Morgan fingerprint density at radius 3 is 2.75 bits per heavy atom. The summed E-state index contributed by atoms with van der Waals surface area (Å²) in [6.07, 6.45) is 2.90. The molecular formula is C13H24N2O2S3. The Balaban J connectivity index is 2.79. The molecule has 0 aromatic carbocycles. The monoisotopic (exact) mass is 336 g/mol. The third-order valence-electron chi connectivity index (χ3n) is 3.18. The first-order chi connectivity index (χ1) is 9.43. The number of rotatable bonds is 9. The number of thioether (sulfide) groups is 1. The van der Waals surface area contributed by atoms with Gasteiger partial charge in [-0.3, -0.25) is 0 Å². The van der Waals surface area contributed by atoms with Crippen molar-refractivity contribution >= 4 is 33.1 Å². The van der Waals surface area contributed by atoms with Gasteiger partial charge >= 0.3 is 0 Å². The van der Waals surface area contributed by atoms with Crippen molar-refractivity contribution in [2.45, 2.75) is 37.1 Å². The van der Waals surface area contributed by atoms with Gasteiger partial charge in [0.1, 0.15) is 4.21 Å². The van der Waals surface area contributed by atoms with Crippen molar-refractivity contribution in [2.75, 3.05) is 25.6 Å². The molecule has 0 saturated heterocycles. The van der Waals surface area contributed by atoms with Crippen LogP contribution in [0.25, 0.3) is 0 Å². The lowest BCUT2D eigenvalue weighted by atomic mass is 10.3. The van der Waals surface area contributed by atoms with E-state index in [4.69, 9.17) is 0 Å². The molecule has 20 heavy (non-hydrogen) atoms. The van der Waals surface area contributed by atoms with E-state index in [1.165, 1.54) is 15.6 Å². The molecule has 1 unspecified atom stereocenters. The van der Waals surface area contributed by atoms with E-state index in [0.29, 0.717) is 4.21 Å². The summed E-state index contributed by atoms with van der Waals surface area (Å²) in [6, 6.07) is 3.62. The van der Waals surface area contributed by atoms with Crippen LogP contribution in [0.2, 0.25) is 0 Å². The highest BCUT2D eigenvalue weighted by molar-refractivity contribution is 7.98. The Morgan fingerprint density at radius 2 is 2.15 bits per heavy atom. The molecule has 1 heterocycles. The topological polar surface area (TPSA) is 49.4 Å². The van der Waals surface area contributed by atoms with Gasteiger partial charge in [0.25, 0.3) is 10.0 Å². The maximum atomic E-state index is 12.5. The smallest absolute Gasteiger partial charge is 0.252 e. The molecule has 0 bridgehead atoms. The highest BCUT2D eigenvalue weighted by Crippen LogP contribution is 2.26. The fraction of sp³-hybridized carbons (Fsp3) is 0.692. The summed E-state index contributed by atoms with van der Waals surface area (Å²) in [7, 11) is -1.69. The van der Waals surface area contributed by atoms with Crippen molar-refractivity contribution in [1.29, 1.82) is 0 Å². The lowest BCUT2D eigenvalue weighted by molar-refractivity contribution is 0.383. The molecule has 0 aliphatic heterocycles. The molecule has 0 saturated carbocycles. The van der Waals surface area contributed by atoms with Crippen LogP contribution >= 0.6 is 23.1 Å². The largest absolute Gasteiger partial charge is 0.312 e. The summed E-state index contributed by atoms with van der Waals surface area (Å²) < 4.78 is 27.0. The number of sulfonamides is 1. The number of hydrogen-bond acceptors (Lipinski definition) is 5. The van der Waals surface area contributed by atoms with Crippen molar-refractivity contribution in [1.82, 2.24) is 9.62 Å². The Kier molecular flexibility index (Phi) is 7.53. The minimum absolute atomic E-state index is 0.0202. The lowest BCUT2D eigenvalue weighted by Crippen LogP contribution is -2.35. The van der Waals surface area contributed by atoms with Crippen molar-refractivity contribution in [2.24, 2.45) is 0 Å². The zero-order chi connectivity index (χ0) is 15.2. The van der Waals surface area contributed by atoms with E-state index in [0.717, 1.165) is 30.1 Å². The first kappa shape index (κ1) is 18.0. The maximum absolute atomic E-state index is 12.5. The van der Waals surface area contributed by atoms with Gasteiger partial charge in [0.05, 0.1) is 0 Å². The fourth-order valence-electron chi connectivity index (χ4n) is 1.69. The van der Waals surface area contributed by atoms with Crippen LogP contribution in [-0.2, 0) is 16.6 Å². The molecule has 1 rings (SSSR count). The average molecular weight is 337 g/mol. The first-order valence-electron chi connectivity index (χ1n) is 6.69. The standard InChI is InChI=1S/C13H24N2O2S3/c1-5-14-10-12-6-7-13(19-12)20(16,17)15(3)11(2)8-9-18-4/h6-7,11,14H,5,8-10H2,1-4H3. The van der Waals surface area contributed by atoms with E-state index in [1.54, 1.807) is 24.9 Å². The van der Waals surface area contributed by atoms with E-state index >= 15 is 0 Å². The minimum Gasteiger partial charge on any atom is -0.312 e. The zero-order valence-corrected chi connectivity index (χ0v) is 15.0. The predicted octanol–water partition coefficient (Wildman–Crippen LogP) is 2.62. The Hall–Kier alpha value is -0.0800. The molecule has 1 aromatic rings. The van der Waals surface area contributed by atoms with Crippen LogP contribution in [0.4, 0.5) is 0 Å². The predicted molar refractivity (Wildman–Crippen MR) is 89.1 cm³/mol. The SMILES string of the molecule is CCNCc1ccc(S(=O)(=O)N(C)C(C)CCSC)s1. The molecule has 7 heteroatoms. The Bertz CT molecular complexity index is 499. The number of nitrogens with one attached hydrogen (secondary N) is 1. The second kappa shape index (κ2) is 8.38. The van der Waals surface area contributed by atoms with Crippen LogP contribution < -0.4 is 5.32 Å². The molecule has 1 N–H and O–H groups in total. The molecule has 0 aliphatic rings. The molecule has 0 aliphatic carbocycles. The summed E-state index contributed by atoms with van der Waals surface area (Å²) in [4.78, 5) is 1.05. The normalized spacial score (nSPS) is 13.8. The summed E-state index contributed by atoms with van der Waals surface area (Å²) in [5.74, 6) is 0.969. The molecular weight excluding hydrogens is 312 g/mol. The van der Waals surface area contributed by atoms with Crippen LogP contribution in [0.5, 0.6) is 0 Å². The van der Waals surface area contributed by atoms with Crippen LogP contribution in [-0.4, -0.2) is 44.4 Å². The van der Waals surface area contributed by atoms with E-state index in [2.05, 4.69) is 5.32 Å². The molecule has 0 radical (unpaired) electrons. The van der Waals surface area contributed by atoms with Gasteiger partial charge < -0.3 is 5.32 Å². The molecule has 116 valence electrons. The van der Waals surface area contributed by atoms with Gasteiger partial charge in [0, 0.05) is 24.5 Å². The highest BCUT2D eigenvalue weighted by Gasteiger charge is 2.26. The van der Waals surface area contributed by atoms with Crippen LogP contribution in [0, 0.1) is 0 Å². The fourth-order valence-corrected chi connectivity index (χ4v) is 5.17. The van der Waals surface area contributed by atoms with Crippen LogP contribution in [0.15, 0.2) is 16.3 Å². The van der Waals surface area contributed by atoms with Gasteiger partial charge in [-0.25, -0.2) is 8.42 Å². The van der Waals surface area contributed by atoms with E-state index in [1.807, 2.05) is 26.2 Å². The van der Waals surface area contributed by atoms with Crippen molar-refractivity contribution in [3.63, 3.8) is 0 Å². The number of hydrogen-bond donors (Lipinski definition) is 1. The molecule has 0 amide bonds. The first-order valence-corrected chi connectivity index (χ1v) is 10.3. The van der Waals surface area contributed by atoms with Crippen LogP contribution in [0.3, 0.4) is 0 Å². The highest BCUT2D eigenvalue weighted by atomic mass is 32.2. The van der Waals surface area contributed by atoms with Crippen molar-refractivity contribution in [3.8, 4) is 0 Å². The van der Waals surface area contributed by atoms with Gasteiger partial charge in [-0.15, -0.1) is 11.3 Å². The quantitative estimate of drug-likeness (QED) is 0.753. The van der Waals surface area contributed by atoms with Crippen LogP contribution in [0.1, 0.15) is 25.1 Å². The van der Waals surface area contributed by atoms with Gasteiger partial charge in [-0.2, -0.15) is 16.1 Å². The number of nitrogens with zero attached hydrogens (tertiary/aromatic N) is 1. The van der Waals surface area contributed by atoms with Crippen molar-refractivity contribution in [3.05, 3.63) is 17.0 Å². The Labute approximate surface area is 131 Å². The van der Waals surface area contributed by atoms with E-state index in [-0.39, 0.29) is 6.04 Å². The van der Waals surface area contributed by atoms with Crippen molar-refractivity contribution < 1.29 is 8.42 Å². The second-order valence-electron chi connectivity index (χ2n) is 4.65. The summed E-state index contributed by atoms with van der Waals surface area (Å²) in [6.45, 7) is 5.60.